The van der Waals surface area contributed by atoms with E-state index in [2.05, 4.69) is 46.9 Å². The molecule has 0 aromatic carbocycles. The molecule has 0 saturated heterocycles. The summed E-state index contributed by atoms with van der Waals surface area (Å²) in [7, 11) is 0. The van der Waals surface area contributed by atoms with Crippen LogP contribution in [0, 0.1) is 18.3 Å². The average Bonchev–Trinajstić information content (AvgIpc) is 3.19. The molecule has 0 amide bonds. The molecule has 1 aromatic rings. The number of terminal acetylenes is 1. The van der Waals surface area contributed by atoms with Crippen molar-refractivity contribution in [3.8, 4) is 12.3 Å². The van der Waals surface area contributed by atoms with Gasteiger partial charge in [0.25, 0.3) is 0 Å². The summed E-state index contributed by atoms with van der Waals surface area (Å²) >= 11 is 0. The van der Waals surface area contributed by atoms with Crippen molar-refractivity contribution in [3.05, 3.63) is 18.1 Å². The summed E-state index contributed by atoms with van der Waals surface area (Å²) in [6, 6.07) is 0. The normalized spacial score (nSPS) is 14.9. The molecule has 4 heteroatoms. The van der Waals surface area contributed by atoms with E-state index in [9.17, 15) is 0 Å². The van der Waals surface area contributed by atoms with Crippen molar-refractivity contribution in [2.45, 2.75) is 45.7 Å². The Balaban J connectivity index is 2.04. The molecular formula is C16H24N4. The molecule has 1 heterocycles. The molecule has 0 bridgehead atoms. The molecule has 0 radical (unpaired) electrons. The van der Waals surface area contributed by atoms with Gasteiger partial charge in [-0.2, -0.15) is 0 Å². The third kappa shape index (κ3) is 4.82. The fraction of sp³-hybridized carbons (Fsp3) is 0.625. The summed E-state index contributed by atoms with van der Waals surface area (Å²) in [6.07, 6.45) is 11.7. The van der Waals surface area contributed by atoms with Gasteiger partial charge in [0.15, 0.2) is 0 Å². The van der Waals surface area contributed by atoms with Gasteiger partial charge < -0.3 is 10.2 Å². The fourth-order valence-electron chi connectivity index (χ4n) is 1.95. The topological polar surface area (TPSA) is 41.1 Å². The molecule has 0 atom stereocenters. The Morgan fingerprint density at radius 3 is 2.75 bits per heavy atom. The van der Waals surface area contributed by atoms with Crippen LogP contribution < -0.4 is 10.2 Å². The van der Waals surface area contributed by atoms with Crippen molar-refractivity contribution in [3.63, 3.8) is 0 Å². The van der Waals surface area contributed by atoms with Crippen LogP contribution in [0.2, 0.25) is 0 Å². The van der Waals surface area contributed by atoms with E-state index in [0.717, 1.165) is 30.5 Å². The highest BCUT2D eigenvalue weighted by molar-refractivity contribution is 5.38. The highest BCUT2D eigenvalue weighted by atomic mass is 15.2. The molecule has 1 aliphatic carbocycles. The highest BCUT2D eigenvalue weighted by Crippen LogP contribution is 2.30. The van der Waals surface area contributed by atoms with Crippen LogP contribution in [-0.2, 0) is 6.54 Å². The maximum Gasteiger partial charge on any atom is 0.148 e. The minimum atomic E-state index is 0.0736. The minimum absolute atomic E-state index is 0.0736. The van der Waals surface area contributed by atoms with Crippen LogP contribution in [0.25, 0.3) is 0 Å². The van der Waals surface area contributed by atoms with Gasteiger partial charge in [0.05, 0.1) is 18.4 Å². The second kappa shape index (κ2) is 6.23. The zero-order chi connectivity index (χ0) is 14.6. The molecule has 0 aliphatic heterocycles. The van der Waals surface area contributed by atoms with E-state index in [1.54, 1.807) is 6.20 Å². The SMILES string of the molecule is C#CCN(CC1CC1)c1cncc(CNC(C)(C)C)n1. The zero-order valence-electron chi connectivity index (χ0n) is 12.7. The highest BCUT2D eigenvalue weighted by Gasteiger charge is 2.24. The molecule has 1 aliphatic rings. The molecule has 2 rings (SSSR count). The minimum Gasteiger partial charge on any atom is -0.344 e. The van der Waals surface area contributed by atoms with Gasteiger partial charge >= 0.3 is 0 Å². The van der Waals surface area contributed by atoms with E-state index in [1.807, 2.05) is 6.20 Å². The third-order valence-electron chi connectivity index (χ3n) is 3.25. The first-order valence-corrected chi connectivity index (χ1v) is 7.22. The lowest BCUT2D eigenvalue weighted by Crippen LogP contribution is -2.35. The van der Waals surface area contributed by atoms with Crippen molar-refractivity contribution >= 4 is 5.82 Å². The third-order valence-corrected chi connectivity index (χ3v) is 3.25. The maximum atomic E-state index is 5.46. The second-order valence-electron chi connectivity index (χ2n) is 6.50. The Labute approximate surface area is 122 Å². The largest absolute Gasteiger partial charge is 0.344 e. The Morgan fingerprint density at radius 1 is 1.40 bits per heavy atom. The molecule has 1 fully saturated rings. The lowest BCUT2D eigenvalue weighted by atomic mass is 10.1. The number of aromatic nitrogens is 2. The van der Waals surface area contributed by atoms with E-state index in [-0.39, 0.29) is 5.54 Å². The lowest BCUT2D eigenvalue weighted by Gasteiger charge is -2.23. The monoisotopic (exact) mass is 272 g/mol. The molecule has 1 aromatic heterocycles. The van der Waals surface area contributed by atoms with E-state index < -0.39 is 0 Å². The first kappa shape index (κ1) is 14.8. The van der Waals surface area contributed by atoms with Gasteiger partial charge in [0.2, 0.25) is 0 Å². The van der Waals surface area contributed by atoms with Crippen molar-refractivity contribution in [1.82, 2.24) is 15.3 Å². The Morgan fingerprint density at radius 2 is 2.15 bits per heavy atom. The number of nitrogens with zero attached hydrogens (tertiary/aromatic N) is 3. The van der Waals surface area contributed by atoms with Gasteiger partial charge in [0.1, 0.15) is 5.82 Å². The summed E-state index contributed by atoms with van der Waals surface area (Å²) < 4.78 is 0. The zero-order valence-corrected chi connectivity index (χ0v) is 12.7. The van der Waals surface area contributed by atoms with Crippen LogP contribution >= 0.6 is 0 Å². The standard InChI is InChI=1S/C16H24N4/c1-5-8-20(12-13-6-7-13)15-11-17-9-14(19-15)10-18-16(2,3)4/h1,9,11,13,18H,6-8,10,12H2,2-4H3. The molecule has 20 heavy (non-hydrogen) atoms. The van der Waals surface area contributed by atoms with Gasteiger partial charge in [-0.1, -0.05) is 5.92 Å². The summed E-state index contributed by atoms with van der Waals surface area (Å²) in [6.45, 7) is 8.74. The number of nitrogens with one attached hydrogen (secondary N) is 1. The quantitative estimate of drug-likeness (QED) is 0.806. The summed E-state index contributed by atoms with van der Waals surface area (Å²) in [5.41, 5.74) is 1.03. The Hall–Kier alpha value is -1.60. The van der Waals surface area contributed by atoms with Crippen LogP contribution in [0.4, 0.5) is 5.82 Å². The summed E-state index contributed by atoms with van der Waals surface area (Å²) in [4.78, 5) is 11.1. The fourth-order valence-corrected chi connectivity index (χ4v) is 1.95. The van der Waals surface area contributed by atoms with Crippen LogP contribution in [0.1, 0.15) is 39.3 Å². The van der Waals surface area contributed by atoms with Crippen molar-refractivity contribution in [1.29, 1.82) is 0 Å². The van der Waals surface area contributed by atoms with Crippen LogP contribution in [-0.4, -0.2) is 28.6 Å². The lowest BCUT2D eigenvalue weighted by molar-refractivity contribution is 0.421. The summed E-state index contributed by atoms with van der Waals surface area (Å²) in [5, 5.41) is 3.43. The first-order valence-electron chi connectivity index (χ1n) is 7.22. The summed E-state index contributed by atoms with van der Waals surface area (Å²) in [5.74, 6) is 4.39. The predicted molar refractivity (Wildman–Crippen MR) is 82.4 cm³/mol. The Bertz CT molecular complexity index is 480. The molecule has 0 spiro atoms. The van der Waals surface area contributed by atoms with Crippen LogP contribution in [0.15, 0.2) is 12.4 Å². The van der Waals surface area contributed by atoms with E-state index in [0.29, 0.717) is 6.54 Å². The molecule has 1 saturated carbocycles. The molecular weight excluding hydrogens is 248 g/mol. The van der Waals surface area contributed by atoms with Gasteiger partial charge in [-0.3, -0.25) is 4.98 Å². The van der Waals surface area contributed by atoms with Crippen molar-refractivity contribution in [2.24, 2.45) is 5.92 Å². The van der Waals surface area contributed by atoms with Gasteiger partial charge in [0, 0.05) is 24.8 Å². The van der Waals surface area contributed by atoms with E-state index >= 15 is 0 Å². The number of hydrogen-bond donors (Lipinski definition) is 1. The van der Waals surface area contributed by atoms with Gasteiger partial charge in [-0.05, 0) is 39.5 Å². The second-order valence-corrected chi connectivity index (χ2v) is 6.50. The van der Waals surface area contributed by atoms with E-state index in [1.165, 1.54) is 12.8 Å². The molecule has 0 unspecified atom stereocenters. The molecule has 4 nitrogen and oxygen atoms in total. The first-order chi connectivity index (χ1) is 9.48. The van der Waals surface area contributed by atoms with Crippen molar-refractivity contribution in [2.75, 3.05) is 18.0 Å². The number of rotatable bonds is 6. The van der Waals surface area contributed by atoms with Crippen LogP contribution in [0.5, 0.6) is 0 Å². The van der Waals surface area contributed by atoms with Gasteiger partial charge in [-0.25, -0.2) is 4.98 Å². The Kier molecular flexibility index (Phi) is 4.61. The predicted octanol–water partition coefficient (Wildman–Crippen LogP) is 2.21. The molecule has 1 N–H and O–H groups in total. The smallest absolute Gasteiger partial charge is 0.148 e. The van der Waals surface area contributed by atoms with Crippen molar-refractivity contribution < 1.29 is 0 Å². The van der Waals surface area contributed by atoms with Gasteiger partial charge in [-0.15, -0.1) is 6.42 Å². The van der Waals surface area contributed by atoms with Crippen LogP contribution in [0.3, 0.4) is 0 Å². The molecule has 108 valence electrons. The average molecular weight is 272 g/mol. The maximum absolute atomic E-state index is 5.46. The number of hydrogen-bond acceptors (Lipinski definition) is 4. The number of anilines is 1. The van der Waals surface area contributed by atoms with E-state index in [4.69, 9.17) is 6.42 Å².